The van der Waals surface area contributed by atoms with E-state index in [1.165, 1.54) is 14.0 Å². The van der Waals surface area contributed by atoms with Gasteiger partial charge in [0.05, 0.1) is 14.2 Å². The van der Waals surface area contributed by atoms with Gasteiger partial charge >= 0.3 is 0 Å². The lowest BCUT2D eigenvalue weighted by molar-refractivity contribution is 0.101. The van der Waals surface area contributed by atoms with E-state index in [-0.39, 0.29) is 29.1 Å². The topological polar surface area (TPSA) is 59.0 Å². The van der Waals surface area contributed by atoms with Gasteiger partial charge in [0.2, 0.25) is 0 Å². The lowest BCUT2D eigenvalue weighted by Crippen LogP contribution is -2.25. The highest BCUT2D eigenvalue weighted by molar-refractivity contribution is 6.00. The third kappa shape index (κ3) is 2.58. The first-order chi connectivity index (χ1) is 9.92. The molecule has 116 valence electrons. The predicted octanol–water partition coefficient (Wildman–Crippen LogP) is 2.42. The minimum absolute atomic E-state index is 0.00847. The summed E-state index contributed by atoms with van der Waals surface area (Å²) >= 11 is 0. The quantitative estimate of drug-likeness (QED) is 0.864. The third-order valence-electron chi connectivity index (χ3n) is 4.50. The van der Waals surface area contributed by atoms with Crippen LogP contribution in [0.1, 0.15) is 42.1 Å². The molecular formula is C16H23NO4. The van der Waals surface area contributed by atoms with E-state index in [0.717, 1.165) is 13.0 Å². The highest BCUT2D eigenvalue weighted by Gasteiger charge is 2.35. The molecule has 1 aliphatic heterocycles. The van der Waals surface area contributed by atoms with Gasteiger partial charge in [-0.15, -0.1) is 0 Å². The van der Waals surface area contributed by atoms with Gasteiger partial charge < -0.3 is 19.5 Å². The number of carbonyl (C=O) groups excluding carboxylic acids is 1. The molecule has 1 aromatic rings. The normalized spacial score (nSPS) is 22.3. The number of aromatic hydroxyl groups is 1. The molecule has 5 nitrogen and oxygen atoms in total. The van der Waals surface area contributed by atoms with Crippen LogP contribution in [0, 0.1) is 0 Å². The molecule has 0 aromatic heterocycles. The minimum atomic E-state index is -0.216. The number of rotatable bonds is 4. The molecule has 0 aliphatic carbocycles. The van der Waals surface area contributed by atoms with Crippen LogP contribution >= 0.6 is 0 Å². The molecule has 0 bridgehead atoms. The number of likely N-dealkylation sites (tertiary alicyclic amines) is 1. The summed E-state index contributed by atoms with van der Waals surface area (Å²) in [4.78, 5) is 14.1. The molecule has 2 rings (SSSR count). The van der Waals surface area contributed by atoms with E-state index < -0.39 is 0 Å². The average Bonchev–Trinajstić information content (AvgIpc) is 2.77. The molecule has 5 heteroatoms. The number of methoxy groups -OCH3 is 2. The second kappa shape index (κ2) is 5.93. The first kappa shape index (κ1) is 15.6. The second-order valence-electron chi connectivity index (χ2n) is 5.59. The highest BCUT2D eigenvalue weighted by Crippen LogP contribution is 2.47. The number of phenols is 1. The summed E-state index contributed by atoms with van der Waals surface area (Å²) in [5.74, 6) is 0.827. The Labute approximate surface area is 125 Å². The van der Waals surface area contributed by atoms with Crippen molar-refractivity contribution in [1.82, 2.24) is 4.90 Å². The molecule has 0 radical (unpaired) electrons. The molecule has 2 atom stereocenters. The van der Waals surface area contributed by atoms with Gasteiger partial charge in [-0.05, 0) is 33.9 Å². The van der Waals surface area contributed by atoms with Gasteiger partial charge in [-0.3, -0.25) is 4.79 Å². The Morgan fingerprint density at radius 3 is 2.38 bits per heavy atom. The van der Waals surface area contributed by atoms with Crippen LogP contribution in [0.2, 0.25) is 0 Å². The number of phenolic OH excluding ortho intramolecular Hbond substituents is 1. The Kier molecular flexibility index (Phi) is 4.42. The average molecular weight is 293 g/mol. The fourth-order valence-corrected chi connectivity index (χ4v) is 3.15. The first-order valence-electron chi connectivity index (χ1n) is 7.11. The molecule has 1 aliphatic rings. The van der Waals surface area contributed by atoms with E-state index in [1.54, 1.807) is 13.2 Å². The Morgan fingerprint density at radius 2 is 1.95 bits per heavy atom. The van der Waals surface area contributed by atoms with Gasteiger partial charge in [0.15, 0.2) is 5.78 Å². The third-order valence-corrected chi connectivity index (χ3v) is 4.50. The van der Waals surface area contributed by atoms with Crippen molar-refractivity contribution in [3.8, 4) is 17.2 Å². The van der Waals surface area contributed by atoms with Crippen LogP contribution < -0.4 is 9.47 Å². The lowest BCUT2D eigenvalue weighted by Gasteiger charge is -2.24. The van der Waals surface area contributed by atoms with E-state index in [1.807, 2.05) is 0 Å². The Bertz CT molecular complexity index is 556. The lowest BCUT2D eigenvalue weighted by atomic mass is 9.88. The standard InChI is InChI=1S/C16H23NO4/c1-9-11(6-7-17(9)3)15-13(21-5)8-12(20-4)14(10(2)18)16(15)19/h8-9,11,19H,6-7H2,1-5H3. The number of Topliss-reactive ketones (excluding diaryl/α,β-unsaturated/α-hetero) is 1. The van der Waals surface area contributed by atoms with Crippen molar-refractivity contribution >= 4 is 5.78 Å². The van der Waals surface area contributed by atoms with Gasteiger partial charge in [-0.2, -0.15) is 0 Å². The number of nitrogens with zero attached hydrogens (tertiary/aromatic N) is 1. The number of ketones is 1. The maximum atomic E-state index is 11.9. The molecule has 0 amide bonds. The molecule has 0 saturated carbocycles. The minimum Gasteiger partial charge on any atom is -0.507 e. The Morgan fingerprint density at radius 1 is 1.33 bits per heavy atom. The van der Waals surface area contributed by atoms with E-state index >= 15 is 0 Å². The monoisotopic (exact) mass is 293 g/mol. The SMILES string of the molecule is COc1cc(OC)c(C2CCN(C)C2C)c(O)c1C(C)=O. The van der Waals surface area contributed by atoms with Crippen LogP contribution in [0.4, 0.5) is 0 Å². The van der Waals surface area contributed by atoms with Crippen molar-refractivity contribution in [2.45, 2.75) is 32.2 Å². The van der Waals surface area contributed by atoms with Crippen molar-refractivity contribution in [2.24, 2.45) is 0 Å². The van der Waals surface area contributed by atoms with Crippen molar-refractivity contribution in [1.29, 1.82) is 0 Å². The molecular weight excluding hydrogens is 270 g/mol. The summed E-state index contributed by atoms with van der Waals surface area (Å²) < 4.78 is 10.7. The van der Waals surface area contributed by atoms with Crippen LogP contribution in [0.5, 0.6) is 17.2 Å². The largest absolute Gasteiger partial charge is 0.507 e. The Balaban J connectivity index is 2.64. The van der Waals surface area contributed by atoms with Gasteiger partial charge in [0.1, 0.15) is 22.8 Å². The maximum Gasteiger partial charge on any atom is 0.167 e. The van der Waals surface area contributed by atoms with Crippen LogP contribution in [0.25, 0.3) is 0 Å². The van der Waals surface area contributed by atoms with Crippen molar-refractivity contribution in [3.05, 3.63) is 17.2 Å². The summed E-state index contributed by atoms with van der Waals surface area (Å²) in [6.45, 7) is 4.50. The fraction of sp³-hybridized carbons (Fsp3) is 0.562. The summed E-state index contributed by atoms with van der Waals surface area (Å²) in [6.07, 6.45) is 0.922. The van der Waals surface area contributed by atoms with E-state index in [4.69, 9.17) is 9.47 Å². The number of hydrogen-bond donors (Lipinski definition) is 1. The van der Waals surface area contributed by atoms with Crippen molar-refractivity contribution in [2.75, 3.05) is 27.8 Å². The van der Waals surface area contributed by atoms with E-state index in [2.05, 4.69) is 18.9 Å². The van der Waals surface area contributed by atoms with Gasteiger partial charge in [0.25, 0.3) is 0 Å². The molecule has 1 N–H and O–H groups in total. The highest BCUT2D eigenvalue weighted by atomic mass is 16.5. The van der Waals surface area contributed by atoms with Crippen LogP contribution in [0.3, 0.4) is 0 Å². The maximum absolute atomic E-state index is 11.9. The molecule has 0 spiro atoms. The van der Waals surface area contributed by atoms with Gasteiger partial charge in [0, 0.05) is 23.6 Å². The second-order valence-corrected chi connectivity index (χ2v) is 5.59. The molecule has 1 aromatic carbocycles. The van der Waals surface area contributed by atoms with E-state index in [0.29, 0.717) is 17.1 Å². The van der Waals surface area contributed by atoms with Gasteiger partial charge in [-0.25, -0.2) is 0 Å². The molecule has 1 saturated heterocycles. The number of likely N-dealkylation sites (N-methyl/N-ethyl adjacent to an activating group) is 1. The fourth-order valence-electron chi connectivity index (χ4n) is 3.15. The molecule has 1 fully saturated rings. The number of hydrogen-bond acceptors (Lipinski definition) is 5. The van der Waals surface area contributed by atoms with Crippen molar-refractivity contribution in [3.63, 3.8) is 0 Å². The smallest absolute Gasteiger partial charge is 0.167 e. The molecule has 21 heavy (non-hydrogen) atoms. The molecule has 1 heterocycles. The summed E-state index contributed by atoms with van der Waals surface area (Å²) in [5.41, 5.74) is 0.940. The van der Waals surface area contributed by atoms with Crippen LogP contribution in [-0.2, 0) is 0 Å². The number of ether oxygens (including phenoxy) is 2. The summed E-state index contributed by atoms with van der Waals surface area (Å²) in [6, 6.07) is 1.97. The first-order valence-corrected chi connectivity index (χ1v) is 7.11. The van der Waals surface area contributed by atoms with Crippen LogP contribution in [0.15, 0.2) is 6.07 Å². The van der Waals surface area contributed by atoms with Crippen molar-refractivity contribution < 1.29 is 19.4 Å². The summed E-state index contributed by atoms with van der Waals surface area (Å²) in [7, 11) is 5.10. The zero-order chi connectivity index (χ0) is 15.7. The van der Waals surface area contributed by atoms with E-state index in [9.17, 15) is 9.90 Å². The molecule has 2 unspecified atom stereocenters. The van der Waals surface area contributed by atoms with Crippen LogP contribution in [-0.4, -0.2) is 49.6 Å². The van der Waals surface area contributed by atoms with Gasteiger partial charge in [-0.1, -0.05) is 0 Å². The zero-order valence-corrected chi connectivity index (χ0v) is 13.3. The Hall–Kier alpha value is -1.75. The predicted molar refractivity (Wildman–Crippen MR) is 80.7 cm³/mol. The number of carbonyl (C=O) groups is 1. The number of benzene rings is 1. The zero-order valence-electron chi connectivity index (χ0n) is 13.3. The summed E-state index contributed by atoms with van der Waals surface area (Å²) in [5, 5.41) is 10.6.